The summed E-state index contributed by atoms with van der Waals surface area (Å²) in [5.74, 6) is 0. The van der Waals surface area contributed by atoms with Crippen LogP contribution < -0.4 is 5.32 Å². The molecule has 0 saturated carbocycles. The smallest absolute Gasteiger partial charge is 0.0866 e. The van der Waals surface area contributed by atoms with Gasteiger partial charge in [0.25, 0.3) is 0 Å². The summed E-state index contributed by atoms with van der Waals surface area (Å²) in [5.41, 5.74) is 5.35. The highest BCUT2D eigenvalue weighted by Gasteiger charge is 2.16. The molecule has 0 unspecified atom stereocenters. The minimum absolute atomic E-state index is 0.460. The fourth-order valence-corrected chi connectivity index (χ4v) is 2.66. The van der Waals surface area contributed by atoms with E-state index in [1.165, 1.54) is 11.3 Å². The average Bonchev–Trinajstić information content (AvgIpc) is 2.79. The molecule has 0 radical (unpaired) electrons. The van der Waals surface area contributed by atoms with Gasteiger partial charge in [0.2, 0.25) is 0 Å². The van der Waals surface area contributed by atoms with Gasteiger partial charge < -0.3 is 5.32 Å². The first-order valence-electron chi connectivity index (χ1n) is 7.25. The fraction of sp³-hybridized carbons (Fsp3) is 0.600. The van der Waals surface area contributed by atoms with Crippen LogP contribution in [0.3, 0.4) is 0 Å². The van der Waals surface area contributed by atoms with Crippen molar-refractivity contribution in [2.45, 2.75) is 53.8 Å². The summed E-state index contributed by atoms with van der Waals surface area (Å²) >= 11 is 6.33. The predicted octanol–water partition coefficient (Wildman–Crippen LogP) is 2.74. The number of hydrogen-bond donors (Lipinski definition) is 1. The maximum Gasteiger partial charge on any atom is 0.0866 e. The molecule has 2 aromatic heterocycles. The summed E-state index contributed by atoms with van der Waals surface area (Å²) in [5, 5.41) is 13.2. The van der Waals surface area contributed by atoms with Gasteiger partial charge in [-0.1, -0.05) is 25.4 Å². The Bertz CT molecular complexity index is 639. The van der Waals surface area contributed by atoms with Crippen molar-refractivity contribution in [3.63, 3.8) is 0 Å². The van der Waals surface area contributed by atoms with E-state index in [4.69, 9.17) is 11.6 Å². The normalized spacial score (nSPS) is 11.6. The fourth-order valence-electron chi connectivity index (χ4n) is 2.44. The Morgan fingerprint density at radius 1 is 1.14 bits per heavy atom. The van der Waals surface area contributed by atoms with Crippen LogP contribution in [0, 0.1) is 20.8 Å². The van der Waals surface area contributed by atoms with E-state index in [1.54, 1.807) is 0 Å². The SMILES string of the molecule is Cc1nn(C)c(Cn2nc(C)c(CNC(C)C)c2C)c1Cl. The minimum Gasteiger partial charge on any atom is -0.310 e. The Labute approximate surface area is 131 Å². The van der Waals surface area contributed by atoms with E-state index in [0.717, 1.165) is 28.6 Å². The highest BCUT2D eigenvalue weighted by atomic mass is 35.5. The molecular formula is C15H24ClN5. The van der Waals surface area contributed by atoms with Gasteiger partial charge >= 0.3 is 0 Å². The maximum absolute atomic E-state index is 6.33. The minimum atomic E-state index is 0.460. The van der Waals surface area contributed by atoms with Crippen molar-refractivity contribution in [2.75, 3.05) is 0 Å². The first kappa shape index (κ1) is 16.0. The van der Waals surface area contributed by atoms with Crippen molar-refractivity contribution in [3.8, 4) is 0 Å². The summed E-state index contributed by atoms with van der Waals surface area (Å²) in [6.07, 6.45) is 0. The second kappa shape index (κ2) is 6.20. The summed E-state index contributed by atoms with van der Waals surface area (Å²) in [6, 6.07) is 0.460. The van der Waals surface area contributed by atoms with Gasteiger partial charge in [0.1, 0.15) is 0 Å². The van der Waals surface area contributed by atoms with Crippen LogP contribution in [0.5, 0.6) is 0 Å². The summed E-state index contributed by atoms with van der Waals surface area (Å²) in [6.45, 7) is 11.9. The number of nitrogens with zero attached hydrogens (tertiary/aromatic N) is 4. The molecule has 0 aliphatic heterocycles. The van der Waals surface area contributed by atoms with Gasteiger partial charge in [-0.2, -0.15) is 10.2 Å². The third kappa shape index (κ3) is 3.30. The van der Waals surface area contributed by atoms with E-state index >= 15 is 0 Å². The molecule has 5 nitrogen and oxygen atoms in total. The van der Waals surface area contributed by atoms with Gasteiger partial charge in [-0.15, -0.1) is 0 Å². The van der Waals surface area contributed by atoms with Crippen LogP contribution in [0.1, 0.15) is 42.2 Å². The molecule has 0 fully saturated rings. The molecule has 2 rings (SSSR count). The third-order valence-electron chi connectivity index (χ3n) is 3.78. The Morgan fingerprint density at radius 3 is 2.33 bits per heavy atom. The monoisotopic (exact) mass is 309 g/mol. The maximum atomic E-state index is 6.33. The van der Waals surface area contributed by atoms with Crippen molar-refractivity contribution in [2.24, 2.45) is 7.05 Å². The third-order valence-corrected chi connectivity index (χ3v) is 4.27. The zero-order valence-corrected chi connectivity index (χ0v) is 14.4. The van der Waals surface area contributed by atoms with Gasteiger partial charge in [-0.25, -0.2) is 0 Å². The van der Waals surface area contributed by atoms with Crippen LogP contribution in [-0.2, 0) is 20.1 Å². The van der Waals surface area contributed by atoms with Crippen LogP contribution in [0.4, 0.5) is 0 Å². The summed E-state index contributed by atoms with van der Waals surface area (Å²) in [4.78, 5) is 0. The lowest BCUT2D eigenvalue weighted by Gasteiger charge is -2.09. The van der Waals surface area contributed by atoms with Crippen molar-refractivity contribution in [1.29, 1.82) is 0 Å². The molecule has 0 aliphatic carbocycles. The average molecular weight is 310 g/mol. The first-order valence-corrected chi connectivity index (χ1v) is 7.63. The van der Waals surface area contributed by atoms with E-state index < -0.39 is 0 Å². The van der Waals surface area contributed by atoms with E-state index in [-0.39, 0.29) is 0 Å². The van der Waals surface area contributed by atoms with E-state index in [0.29, 0.717) is 12.6 Å². The van der Waals surface area contributed by atoms with Gasteiger partial charge in [0.15, 0.2) is 0 Å². The molecule has 1 N–H and O–H groups in total. The molecule has 0 atom stereocenters. The quantitative estimate of drug-likeness (QED) is 0.924. The van der Waals surface area contributed by atoms with Crippen LogP contribution in [0.2, 0.25) is 5.02 Å². The Kier molecular flexibility index (Phi) is 4.74. The number of halogens is 1. The number of aromatic nitrogens is 4. The van der Waals surface area contributed by atoms with Crippen molar-refractivity contribution in [3.05, 3.63) is 33.4 Å². The lowest BCUT2D eigenvalue weighted by atomic mass is 10.2. The molecule has 0 saturated heterocycles. The zero-order valence-electron chi connectivity index (χ0n) is 13.7. The Hall–Kier alpha value is -1.33. The molecular weight excluding hydrogens is 286 g/mol. The van der Waals surface area contributed by atoms with Crippen LogP contribution in [0.25, 0.3) is 0 Å². The highest BCUT2D eigenvalue weighted by Crippen LogP contribution is 2.22. The van der Waals surface area contributed by atoms with Crippen LogP contribution >= 0.6 is 11.6 Å². The van der Waals surface area contributed by atoms with Crippen molar-refractivity contribution >= 4 is 11.6 Å². The summed E-state index contributed by atoms with van der Waals surface area (Å²) < 4.78 is 3.84. The molecule has 2 aromatic rings. The number of hydrogen-bond acceptors (Lipinski definition) is 3. The Morgan fingerprint density at radius 2 is 1.81 bits per heavy atom. The van der Waals surface area contributed by atoms with E-state index in [9.17, 15) is 0 Å². The molecule has 0 aromatic carbocycles. The zero-order chi connectivity index (χ0) is 15.7. The molecule has 116 valence electrons. The van der Waals surface area contributed by atoms with Crippen molar-refractivity contribution in [1.82, 2.24) is 24.9 Å². The molecule has 0 bridgehead atoms. The van der Waals surface area contributed by atoms with Crippen molar-refractivity contribution < 1.29 is 0 Å². The second-order valence-corrected chi connectivity index (χ2v) is 6.19. The standard InChI is InChI=1S/C15H24ClN5/c1-9(2)17-7-13-10(3)19-21(12(13)5)8-14-15(16)11(4)18-20(14)6/h9,17H,7-8H2,1-6H3. The lowest BCUT2D eigenvalue weighted by molar-refractivity contribution is 0.581. The summed E-state index contributed by atoms with van der Waals surface area (Å²) in [7, 11) is 1.92. The largest absolute Gasteiger partial charge is 0.310 e. The lowest BCUT2D eigenvalue weighted by Crippen LogP contribution is -2.22. The first-order chi connectivity index (χ1) is 9.81. The molecule has 6 heteroatoms. The van der Waals surface area contributed by atoms with Gasteiger partial charge in [0, 0.05) is 30.9 Å². The number of rotatable bonds is 5. The predicted molar refractivity (Wildman–Crippen MR) is 85.7 cm³/mol. The van der Waals surface area contributed by atoms with Crippen LogP contribution in [-0.4, -0.2) is 25.6 Å². The van der Waals surface area contributed by atoms with Crippen LogP contribution in [0.15, 0.2) is 0 Å². The molecule has 0 amide bonds. The Balaban J connectivity index is 2.27. The molecule has 0 spiro atoms. The molecule has 21 heavy (non-hydrogen) atoms. The van der Waals surface area contributed by atoms with Gasteiger partial charge in [-0.3, -0.25) is 9.36 Å². The van der Waals surface area contributed by atoms with E-state index in [1.807, 2.05) is 23.3 Å². The van der Waals surface area contributed by atoms with Gasteiger partial charge in [0.05, 0.1) is 28.6 Å². The number of nitrogens with one attached hydrogen (secondary N) is 1. The second-order valence-electron chi connectivity index (χ2n) is 5.81. The molecule has 2 heterocycles. The highest BCUT2D eigenvalue weighted by molar-refractivity contribution is 6.31. The number of aryl methyl sites for hydroxylation is 3. The van der Waals surface area contributed by atoms with Gasteiger partial charge in [-0.05, 0) is 20.8 Å². The topological polar surface area (TPSA) is 47.7 Å². The van der Waals surface area contributed by atoms with E-state index in [2.05, 4.69) is 43.2 Å². The molecule has 0 aliphatic rings.